The van der Waals surface area contributed by atoms with Gasteiger partial charge in [-0.05, 0) is 30.9 Å². The van der Waals surface area contributed by atoms with Crippen LogP contribution in [0.15, 0.2) is 34.9 Å². The number of nitrogens with zero attached hydrogens (tertiary/aromatic N) is 3. The highest BCUT2D eigenvalue weighted by atomic mass is 35.5. The molecule has 0 radical (unpaired) electrons. The number of para-hydroxylation sites is 1. The number of hydrogen-bond donors (Lipinski definition) is 1. The van der Waals surface area contributed by atoms with Crippen LogP contribution >= 0.6 is 12.4 Å². The van der Waals surface area contributed by atoms with Crippen molar-refractivity contribution < 1.29 is 4.52 Å². The number of halogens is 1. The molecular weight excluding hydrogens is 288 g/mol. The van der Waals surface area contributed by atoms with Gasteiger partial charge < -0.3 is 15.2 Å². The Hall–Kier alpha value is -1.59. The molecule has 1 aromatic carbocycles. The first-order valence-electron chi connectivity index (χ1n) is 7.16. The van der Waals surface area contributed by atoms with Crippen molar-refractivity contribution in [3.63, 3.8) is 0 Å². The van der Waals surface area contributed by atoms with E-state index < -0.39 is 0 Å². The van der Waals surface area contributed by atoms with Crippen LogP contribution in [0.4, 0.5) is 5.69 Å². The maximum absolute atomic E-state index is 5.51. The lowest BCUT2D eigenvalue weighted by atomic mass is 9.85. The molecule has 1 saturated carbocycles. The topological polar surface area (TPSA) is 68.2 Å². The Morgan fingerprint density at radius 3 is 2.57 bits per heavy atom. The van der Waals surface area contributed by atoms with Crippen molar-refractivity contribution in [1.29, 1.82) is 0 Å². The standard InChI is InChI=1S/C15H20N4O.ClH/c16-9-15-17-14(18-20-15)11-19(10-12-5-4-6-12)13-7-2-1-3-8-13;/h1-3,7-8,12H,4-6,9-11,16H2;1H. The van der Waals surface area contributed by atoms with Crippen molar-refractivity contribution >= 4 is 18.1 Å². The highest BCUT2D eigenvalue weighted by Gasteiger charge is 2.22. The molecule has 21 heavy (non-hydrogen) atoms. The van der Waals surface area contributed by atoms with Crippen molar-refractivity contribution in [2.24, 2.45) is 11.7 Å². The average molecular weight is 309 g/mol. The molecule has 1 aromatic heterocycles. The van der Waals surface area contributed by atoms with Crippen LogP contribution in [0.5, 0.6) is 0 Å². The summed E-state index contributed by atoms with van der Waals surface area (Å²) in [6.07, 6.45) is 4.00. The van der Waals surface area contributed by atoms with Crippen molar-refractivity contribution in [2.45, 2.75) is 32.4 Å². The van der Waals surface area contributed by atoms with Crippen LogP contribution in [0.25, 0.3) is 0 Å². The molecule has 0 bridgehead atoms. The fraction of sp³-hybridized carbons (Fsp3) is 0.467. The Balaban J connectivity index is 0.00000161. The van der Waals surface area contributed by atoms with Gasteiger partial charge in [-0.25, -0.2) is 0 Å². The van der Waals surface area contributed by atoms with Crippen molar-refractivity contribution in [1.82, 2.24) is 10.1 Å². The Labute approximate surface area is 130 Å². The van der Waals surface area contributed by atoms with E-state index in [0.29, 0.717) is 24.8 Å². The van der Waals surface area contributed by atoms with Gasteiger partial charge in [0, 0.05) is 12.2 Å². The smallest absolute Gasteiger partial charge is 0.240 e. The first kappa shape index (κ1) is 15.8. The van der Waals surface area contributed by atoms with E-state index in [1.807, 2.05) is 6.07 Å². The van der Waals surface area contributed by atoms with Crippen LogP contribution in [0.3, 0.4) is 0 Å². The predicted molar refractivity (Wildman–Crippen MR) is 84.3 cm³/mol. The van der Waals surface area contributed by atoms with E-state index in [1.165, 1.54) is 24.9 Å². The van der Waals surface area contributed by atoms with Crippen LogP contribution in [0, 0.1) is 5.92 Å². The lowest BCUT2D eigenvalue weighted by Gasteiger charge is -2.33. The van der Waals surface area contributed by atoms with Gasteiger partial charge in [-0.3, -0.25) is 0 Å². The minimum Gasteiger partial charge on any atom is -0.364 e. The first-order chi connectivity index (χ1) is 9.85. The van der Waals surface area contributed by atoms with E-state index in [-0.39, 0.29) is 12.4 Å². The monoisotopic (exact) mass is 308 g/mol. The van der Waals surface area contributed by atoms with Crippen LogP contribution in [0.1, 0.15) is 31.0 Å². The molecule has 0 saturated heterocycles. The van der Waals surface area contributed by atoms with Crippen LogP contribution < -0.4 is 10.6 Å². The minimum absolute atomic E-state index is 0. The third-order valence-electron chi connectivity index (χ3n) is 3.84. The number of rotatable bonds is 6. The molecule has 1 fully saturated rings. The molecule has 2 aromatic rings. The van der Waals surface area contributed by atoms with E-state index in [2.05, 4.69) is 39.3 Å². The zero-order valence-electron chi connectivity index (χ0n) is 11.9. The predicted octanol–water partition coefficient (Wildman–Crippen LogP) is 2.76. The molecule has 1 aliphatic carbocycles. The SMILES string of the molecule is Cl.NCc1nc(CN(CC2CCC2)c2ccccc2)no1. The summed E-state index contributed by atoms with van der Waals surface area (Å²) in [4.78, 5) is 6.63. The lowest BCUT2D eigenvalue weighted by molar-refractivity contribution is 0.315. The number of nitrogens with two attached hydrogens (primary N) is 1. The molecule has 0 amide bonds. The quantitative estimate of drug-likeness (QED) is 0.888. The van der Waals surface area contributed by atoms with Gasteiger partial charge in [0.25, 0.3) is 0 Å². The van der Waals surface area contributed by atoms with E-state index in [4.69, 9.17) is 10.3 Å². The van der Waals surface area contributed by atoms with Crippen LogP contribution in [0.2, 0.25) is 0 Å². The number of hydrogen-bond acceptors (Lipinski definition) is 5. The second-order valence-corrected chi connectivity index (χ2v) is 5.32. The molecule has 114 valence electrons. The van der Waals surface area contributed by atoms with Gasteiger partial charge in [-0.15, -0.1) is 12.4 Å². The van der Waals surface area contributed by atoms with Gasteiger partial charge >= 0.3 is 0 Å². The molecule has 1 aliphatic rings. The summed E-state index contributed by atoms with van der Waals surface area (Å²) in [5.74, 6) is 1.99. The third kappa shape index (κ3) is 3.95. The molecule has 0 unspecified atom stereocenters. The molecule has 2 N–H and O–H groups in total. The Kier molecular flexibility index (Phi) is 5.59. The highest BCUT2D eigenvalue weighted by molar-refractivity contribution is 5.85. The minimum atomic E-state index is 0. The zero-order valence-corrected chi connectivity index (χ0v) is 12.8. The van der Waals surface area contributed by atoms with Crippen molar-refractivity contribution in [2.75, 3.05) is 11.4 Å². The second-order valence-electron chi connectivity index (χ2n) is 5.32. The Morgan fingerprint density at radius 2 is 2.00 bits per heavy atom. The second kappa shape index (κ2) is 7.43. The first-order valence-corrected chi connectivity index (χ1v) is 7.16. The summed E-state index contributed by atoms with van der Waals surface area (Å²) >= 11 is 0. The molecule has 6 heteroatoms. The van der Waals surface area contributed by atoms with Gasteiger partial charge in [-0.2, -0.15) is 4.98 Å². The Morgan fingerprint density at radius 1 is 1.24 bits per heavy atom. The van der Waals surface area contributed by atoms with Gasteiger partial charge in [-0.1, -0.05) is 29.8 Å². The number of anilines is 1. The third-order valence-corrected chi connectivity index (χ3v) is 3.84. The molecule has 0 spiro atoms. The van der Waals surface area contributed by atoms with Gasteiger partial charge in [0.2, 0.25) is 5.89 Å². The fourth-order valence-electron chi connectivity index (χ4n) is 2.50. The van der Waals surface area contributed by atoms with Gasteiger partial charge in [0.05, 0.1) is 13.1 Å². The van der Waals surface area contributed by atoms with E-state index >= 15 is 0 Å². The molecule has 5 nitrogen and oxygen atoms in total. The van der Waals surface area contributed by atoms with E-state index in [1.54, 1.807) is 0 Å². The summed E-state index contributed by atoms with van der Waals surface area (Å²) < 4.78 is 5.08. The largest absolute Gasteiger partial charge is 0.364 e. The maximum Gasteiger partial charge on any atom is 0.240 e. The average Bonchev–Trinajstić information content (AvgIpc) is 2.90. The van der Waals surface area contributed by atoms with Crippen molar-refractivity contribution in [3.05, 3.63) is 42.0 Å². The van der Waals surface area contributed by atoms with Crippen LogP contribution in [-0.4, -0.2) is 16.7 Å². The molecule has 1 heterocycles. The summed E-state index contributed by atoms with van der Waals surface area (Å²) in [5, 5.41) is 4.00. The van der Waals surface area contributed by atoms with E-state index in [0.717, 1.165) is 12.5 Å². The van der Waals surface area contributed by atoms with Gasteiger partial charge in [0.1, 0.15) is 0 Å². The summed E-state index contributed by atoms with van der Waals surface area (Å²) in [6.45, 7) is 2.02. The molecular formula is C15H21ClN4O. The van der Waals surface area contributed by atoms with E-state index in [9.17, 15) is 0 Å². The van der Waals surface area contributed by atoms with Crippen LogP contribution in [-0.2, 0) is 13.1 Å². The Bertz CT molecular complexity index is 542. The molecule has 0 aliphatic heterocycles. The molecule has 3 rings (SSSR count). The zero-order chi connectivity index (χ0) is 13.8. The molecule has 0 atom stereocenters. The maximum atomic E-state index is 5.51. The van der Waals surface area contributed by atoms with Gasteiger partial charge in [0.15, 0.2) is 5.82 Å². The number of aromatic nitrogens is 2. The summed E-state index contributed by atoms with van der Waals surface area (Å²) in [5.41, 5.74) is 6.71. The fourth-order valence-corrected chi connectivity index (χ4v) is 2.50. The highest BCUT2D eigenvalue weighted by Crippen LogP contribution is 2.29. The normalized spacial score (nSPS) is 14.3. The summed E-state index contributed by atoms with van der Waals surface area (Å²) in [6, 6.07) is 10.4. The summed E-state index contributed by atoms with van der Waals surface area (Å²) in [7, 11) is 0. The lowest BCUT2D eigenvalue weighted by Crippen LogP contribution is -2.32. The van der Waals surface area contributed by atoms with Crippen molar-refractivity contribution in [3.8, 4) is 0 Å². The number of benzene rings is 1.